The molecule has 1 aliphatic heterocycles. The average molecular weight is 337 g/mol. The van der Waals surface area contributed by atoms with Gasteiger partial charge in [-0.3, -0.25) is 9.98 Å². The van der Waals surface area contributed by atoms with Crippen LogP contribution in [0.2, 0.25) is 0 Å². The molecule has 1 aliphatic carbocycles. The van der Waals surface area contributed by atoms with E-state index in [4.69, 9.17) is 4.99 Å². The fourth-order valence-corrected chi connectivity index (χ4v) is 3.50. The van der Waals surface area contributed by atoms with Gasteiger partial charge in [-0.1, -0.05) is 41.1 Å². The summed E-state index contributed by atoms with van der Waals surface area (Å²) in [4.78, 5) is 9.26. The molecule has 0 saturated heterocycles. The van der Waals surface area contributed by atoms with Crippen molar-refractivity contribution in [3.05, 3.63) is 70.5 Å². The molecule has 4 rings (SSSR count). The summed E-state index contributed by atoms with van der Waals surface area (Å²) in [5.41, 5.74) is 6.79. The molecule has 102 valence electrons. The topological polar surface area (TPSA) is 25.2 Å². The van der Waals surface area contributed by atoms with E-state index in [1.807, 2.05) is 30.5 Å². The van der Waals surface area contributed by atoms with Gasteiger partial charge in [0.1, 0.15) is 0 Å². The number of aromatic nitrogens is 1. The maximum Gasteiger partial charge on any atom is 0.0723 e. The molecule has 2 heterocycles. The molecule has 0 saturated carbocycles. The standard InChI is InChI=1S/C18H13BrN2/c1-11-9-12(15-6-2-3-8-20-15)10-13-17-14(19)5-4-7-16(17)21-18(11)13/h2-11H,1H3. The van der Waals surface area contributed by atoms with Crippen LogP contribution in [0.5, 0.6) is 0 Å². The van der Waals surface area contributed by atoms with E-state index in [9.17, 15) is 0 Å². The summed E-state index contributed by atoms with van der Waals surface area (Å²) in [6.07, 6.45) is 6.28. The lowest BCUT2D eigenvalue weighted by atomic mass is 9.86. The third-order valence-corrected chi connectivity index (χ3v) is 4.56. The summed E-state index contributed by atoms with van der Waals surface area (Å²) in [5.74, 6) is 0.293. The molecule has 2 aliphatic rings. The number of halogens is 1. The van der Waals surface area contributed by atoms with E-state index < -0.39 is 0 Å². The molecule has 0 N–H and O–H groups in total. The van der Waals surface area contributed by atoms with Crippen molar-refractivity contribution in [2.75, 3.05) is 0 Å². The third kappa shape index (κ3) is 2.00. The molecule has 2 nitrogen and oxygen atoms in total. The molecule has 1 unspecified atom stereocenters. The number of allylic oxidation sites excluding steroid dienone is 4. The summed E-state index contributed by atoms with van der Waals surface area (Å²) in [6, 6.07) is 12.2. The van der Waals surface area contributed by atoms with E-state index in [0.29, 0.717) is 5.92 Å². The first-order valence-corrected chi connectivity index (χ1v) is 7.76. The second kappa shape index (κ2) is 4.78. The Labute approximate surface area is 132 Å². The van der Waals surface area contributed by atoms with Crippen LogP contribution >= 0.6 is 15.9 Å². The van der Waals surface area contributed by atoms with E-state index in [1.165, 1.54) is 16.7 Å². The molecular weight excluding hydrogens is 324 g/mol. The SMILES string of the molecule is CC1C=C(c2ccccn2)C=C2C1=Nc1cccc(Br)c12. The predicted octanol–water partition coefficient (Wildman–Crippen LogP) is 5.05. The van der Waals surface area contributed by atoms with Crippen molar-refractivity contribution in [3.8, 4) is 0 Å². The van der Waals surface area contributed by atoms with Gasteiger partial charge in [-0.2, -0.15) is 0 Å². The maximum atomic E-state index is 4.80. The fraction of sp³-hybridized carbons (Fsp3) is 0.111. The number of hydrogen-bond acceptors (Lipinski definition) is 2. The molecule has 0 fully saturated rings. The monoisotopic (exact) mass is 336 g/mol. The van der Waals surface area contributed by atoms with Crippen molar-refractivity contribution in [2.45, 2.75) is 6.92 Å². The second-order valence-corrected chi connectivity index (χ2v) is 6.17. The van der Waals surface area contributed by atoms with Gasteiger partial charge >= 0.3 is 0 Å². The molecule has 0 spiro atoms. The Kier molecular flexibility index (Phi) is 2.89. The lowest BCUT2D eigenvalue weighted by Gasteiger charge is -2.18. The van der Waals surface area contributed by atoms with Gasteiger partial charge in [-0.25, -0.2) is 0 Å². The number of fused-ring (bicyclic) bond motifs is 3. The summed E-state index contributed by atoms with van der Waals surface area (Å²) in [6.45, 7) is 2.19. The Morgan fingerprint density at radius 1 is 1.10 bits per heavy atom. The van der Waals surface area contributed by atoms with E-state index in [-0.39, 0.29) is 0 Å². The summed E-state index contributed by atoms with van der Waals surface area (Å²) >= 11 is 3.66. The average Bonchev–Trinajstić information content (AvgIpc) is 2.89. The van der Waals surface area contributed by atoms with E-state index >= 15 is 0 Å². The Bertz CT molecular complexity index is 816. The molecular formula is C18H13BrN2. The Morgan fingerprint density at radius 3 is 2.81 bits per heavy atom. The summed E-state index contributed by atoms with van der Waals surface area (Å²) in [5, 5.41) is 0. The van der Waals surface area contributed by atoms with Gasteiger partial charge in [0.15, 0.2) is 0 Å². The van der Waals surface area contributed by atoms with Crippen LogP contribution in [0.4, 0.5) is 5.69 Å². The number of nitrogens with zero attached hydrogens (tertiary/aromatic N) is 2. The van der Waals surface area contributed by atoms with Crippen molar-refractivity contribution in [1.29, 1.82) is 0 Å². The molecule has 21 heavy (non-hydrogen) atoms. The lowest BCUT2D eigenvalue weighted by Crippen LogP contribution is -2.12. The van der Waals surface area contributed by atoms with E-state index in [1.54, 1.807) is 0 Å². The van der Waals surface area contributed by atoms with Gasteiger partial charge in [0, 0.05) is 27.7 Å². The zero-order valence-electron chi connectivity index (χ0n) is 11.5. The molecule has 1 aromatic heterocycles. The van der Waals surface area contributed by atoms with Gasteiger partial charge < -0.3 is 0 Å². The Morgan fingerprint density at radius 2 is 2.00 bits per heavy atom. The number of hydrogen-bond donors (Lipinski definition) is 0. The van der Waals surface area contributed by atoms with Crippen LogP contribution in [0.15, 0.2) is 64.2 Å². The summed E-state index contributed by atoms with van der Waals surface area (Å²) < 4.78 is 1.10. The molecule has 0 amide bonds. The predicted molar refractivity (Wildman–Crippen MR) is 90.6 cm³/mol. The van der Waals surface area contributed by atoms with Crippen LogP contribution in [0.3, 0.4) is 0 Å². The normalized spacial score (nSPS) is 19.3. The zero-order chi connectivity index (χ0) is 14.4. The van der Waals surface area contributed by atoms with Gasteiger partial charge in [-0.05, 0) is 35.9 Å². The molecule has 1 atom stereocenters. The van der Waals surface area contributed by atoms with Crippen molar-refractivity contribution in [3.63, 3.8) is 0 Å². The highest BCUT2D eigenvalue weighted by Gasteiger charge is 2.29. The largest absolute Gasteiger partial charge is 0.256 e. The second-order valence-electron chi connectivity index (χ2n) is 5.31. The van der Waals surface area contributed by atoms with Crippen molar-refractivity contribution < 1.29 is 0 Å². The first-order valence-electron chi connectivity index (χ1n) is 6.97. The maximum absolute atomic E-state index is 4.80. The fourth-order valence-electron chi connectivity index (χ4n) is 2.93. The molecule has 0 bridgehead atoms. The van der Waals surface area contributed by atoms with Gasteiger partial charge in [0.25, 0.3) is 0 Å². The van der Waals surface area contributed by atoms with Crippen LogP contribution in [0.1, 0.15) is 18.2 Å². The van der Waals surface area contributed by atoms with Gasteiger partial charge in [0.05, 0.1) is 17.1 Å². The number of rotatable bonds is 1. The first kappa shape index (κ1) is 12.7. The van der Waals surface area contributed by atoms with E-state index in [2.05, 4.69) is 52.1 Å². The Balaban J connectivity index is 1.89. The van der Waals surface area contributed by atoms with Crippen LogP contribution in [-0.2, 0) is 0 Å². The van der Waals surface area contributed by atoms with Crippen LogP contribution in [-0.4, -0.2) is 10.7 Å². The first-order chi connectivity index (χ1) is 10.2. The summed E-state index contributed by atoms with van der Waals surface area (Å²) in [7, 11) is 0. The minimum absolute atomic E-state index is 0.293. The van der Waals surface area contributed by atoms with Crippen LogP contribution < -0.4 is 0 Å². The smallest absolute Gasteiger partial charge is 0.0723 e. The Hall–Kier alpha value is -2.00. The molecule has 2 aromatic rings. The number of aliphatic imine (C=N–C) groups is 1. The molecule has 3 heteroatoms. The van der Waals surface area contributed by atoms with Gasteiger partial charge in [-0.15, -0.1) is 0 Å². The van der Waals surface area contributed by atoms with Crippen molar-refractivity contribution >= 4 is 38.5 Å². The van der Waals surface area contributed by atoms with Crippen molar-refractivity contribution in [1.82, 2.24) is 4.98 Å². The highest BCUT2D eigenvalue weighted by Crippen LogP contribution is 2.44. The third-order valence-electron chi connectivity index (χ3n) is 3.90. The number of benzene rings is 1. The quantitative estimate of drug-likeness (QED) is 0.715. The highest BCUT2D eigenvalue weighted by atomic mass is 79.9. The zero-order valence-corrected chi connectivity index (χ0v) is 13.1. The van der Waals surface area contributed by atoms with Crippen LogP contribution in [0.25, 0.3) is 11.1 Å². The van der Waals surface area contributed by atoms with Crippen molar-refractivity contribution in [2.24, 2.45) is 10.9 Å². The minimum atomic E-state index is 0.293. The van der Waals surface area contributed by atoms with Gasteiger partial charge in [0.2, 0.25) is 0 Å². The minimum Gasteiger partial charge on any atom is -0.256 e. The number of pyridine rings is 1. The molecule has 0 radical (unpaired) electrons. The highest BCUT2D eigenvalue weighted by molar-refractivity contribution is 9.10. The van der Waals surface area contributed by atoms with Crippen LogP contribution in [0, 0.1) is 5.92 Å². The molecule has 1 aromatic carbocycles. The van der Waals surface area contributed by atoms with E-state index in [0.717, 1.165) is 21.6 Å². The lowest BCUT2D eigenvalue weighted by molar-refractivity contribution is 1.00.